The van der Waals surface area contributed by atoms with Gasteiger partial charge in [-0.05, 0) is 36.8 Å². The fraction of sp³-hybridized carbons (Fsp3) is 0.263. The molecule has 2 atom stereocenters. The molecule has 0 spiro atoms. The van der Waals surface area contributed by atoms with Crippen LogP contribution in [0.15, 0.2) is 59.5 Å². The number of aliphatic carboxylic acids is 1. The van der Waals surface area contributed by atoms with E-state index >= 15 is 0 Å². The van der Waals surface area contributed by atoms with E-state index in [1.807, 2.05) is 0 Å². The van der Waals surface area contributed by atoms with Gasteiger partial charge in [0, 0.05) is 6.42 Å². The molecular formula is C19H22N2O6S. The third kappa shape index (κ3) is 5.80. The maximum absolute atomic E-state index is 12.3. The number of carbonyl (C=O) groups excluding carboxylic acids is 1. The Hall–Kier alpha value is -2.91. The van der Waals surface area contributed by atoms with E-state index in [0.717, 1.165) is 0 Å². The third-order valence-corrected chi connectivity index (χ3v) is 5.55. The van der Waals surface area contributed by atoms with Gasteiger partial charge in [-0.3, -0.25) is 4.79 Å². The largest absolute Gasteiger partial charge is 0.497 e. The van der Waals surface area contributed by atoms with Crippen molar-refractivity contribution in [2.75, 3.05) is 7.11 Å². The van der Waals surface area contributed by atoms with Gasteiger partial charge in [0.05, 0.1) is 18.0 Å². The molecule has 0 saturated carbocycles. The molecule has 0 bridgehead atoms. The molecular weight excluding hydrogens is 384 g/mol. The van der Waals surface area contributed by atoms with Crippen molar-refractivity contribution in [3.05, 3.63) is 60.2 Å². The number of hydrogen-bond donors (Lipinski definition) is 3. The van der Waals surface area contributed by atoms with Crippen LogP contribution in [0.2, 0.25) is 0 Å². The number of sulfonamides is 1. The van der Waals surface area contributed by atoms with Crippen LogP contribution >= 0.6 is 0 Å². The quantitative estimate of drug-likeness (QED) is 0.575. The van der Waals surface area contributed by atoms with Crippen molar-refractivity contribution in [3.63, 3.8) is 0 Å². The predicted octanol–water partition coefficient (Wildman–Crippen LogP) is 1.17. The number of ether oxygens (including phenoxy) is 1. The van der Waals surface area contributed by atoms with Crippen LogP contribution < -0.4 is 14.8 Å². The average Bonchev–Trinajstić information content (AvgIpc) is 2.68. The van der Waals surface area contributed by atoms with Crippen molar-refractivity contribution < 1.29 is 27.9 Å². The zero-order chi connectivity index (χ0) is 20.7. The molecule has 0 radical (unpaired) electrons. The number of rotatable bonds is 9. The number of hydrogen-bond acceptors (Lipinski definition) is 5. The Kier molecular flexibility index (Phi) is 7.13. The van der Waals surface area contributed by atoms with E-state index in [0.29, 0.717) is 11.3 Å². The molecule has 9 heteroatoms. The Balaban J connectivity index is 2.03. The first-order valence-electron chi connectivity index (χ1n) is 8.46. The SMILES string of the molecule is COc1ccc(C[C@H](NC(=O)[C@H](C)NS(=O)(=O)c2ccccc2)C(=O)O)cc1. The first-order chi connectivity index (χ1) is 13.2. The number of benzene rings is 2. The monoisotopic (exact) mass is 406 g/mol. The summed E-state index contributed by atoms with van der Waals surface area (Å²) in [6.45, 7) is 1.35. The summed E-state index contributed by atoms with van der Waals surface area (Å²) in [5.74, 6) is -1.33. The zero-order valence-corrected chi connectivity index (χ0v) is 16.3. The van der Waals surface area contributed by atoms with E-state index in [1.54, 1.807) is 42.5 Å². The number of carboxylic acids is 1. The molecule has 3 N–H and O–H groups in total. The lowest BCUT2D eigenvalue weighted by molar-refractivity contribution is -0.141. The number of carboxylic acid groups (broad SMARTS) is 1. The summed E-state index contributed by atoms with van der Waals surface area (Å²) in [6, 6.07) is 12.0. The highest BCUT2D eigenvalue weighted by atomic mass is 32.2. The Labute approximate surface area is 163 Å². The van der Waals surface area contributed by atoms with Crippen LogP contribution in [0.1, 0.15) is 12.5 Å². The maximum Gasteiger partial charge on any atom is 0.326 e. The fourth-order valence-electron chi connectivity index (χ4n) is 2.45. The molecule has 1 amide bonds. The van der Waals surface area contributed by atoms with E-state index in [1.165, 1.54) is 26.2 Å². The molecule has 0 saturated heterocycles. The summed E-state index contributed by atoms with van der Waals surface area (Å²) in [5.41, 5.74) is 0.686. The van der Waals surface area contributed by atoms with Crippen LogP contribution in [0.5, 0.6) is 5.75 Å². The smallest absolute Gasteiger partial charge is 0.326 e. The number of amides is 1. The second-order valence-corrected chi connectivity index (χ2v) is 7.82. The molecule has 0 fully saturated rings. The van der Waals surface area contributed by atoms with Crippen molar-refractivity contribution >= 4 is 21.9 Å². The van der Waals surface area contributed by atoms with Gasteiger partial charge in [-0.2, -0.15) is 4.72 Å². The van der Waals surface area contributed by atoms with Gasteiger partial charge in [0.25, 0.3) is 0 Å². The number of methoxy groups -OCH3 is 1. The molecule has 0 unspecified atom stereocenters. The highest BCUT2D eigenvalue weighted by molar-refractivity contribution is 7.89. The van der Waals surface area contributed by atoms with Gasteiger partial charge < -0.3 is 15.2 Å². The van der Waals surface area contributed by atoms with Crippen molar-refractivity contribution in [1.29, 1.82) is 0 Å². The van der Waals surface area contributed by atoms with Crippen LogP contribution in [-0.2, 0) is 26.0 Å². The third-order valence-electron chi connectivity index (χ3n) is 3.99. The first-order valence-corrected chi connectivity index (χ1v) is 9.94. The lowest BCUT2D eigenvalue weighted by Crippen LogP contribution is -2.50. The van der Waals surface area contributed by atoms with Gasteiger partial charge in [-0.15, -0.1) is 0 Å². The van der Waals surface area contributed by atoms with E-state index < -0.39 is 34.0 Å². The summed E-state index contributed by atoms with van der Waals surface area (Å²) in [5, 5.41) is 11.8. The molecule has 0 heterocycles. The predicted molar refractivity (Wildman–Crippen MR) is 102 cm³/mol. The molecule has 0 aliphatic rings. The van der Waals surface area contributed by atoms with Gasteiger partial charge in [-0.1, -0.05) is 30.3 Å². The molecule has 28 heavy (non-hydrogen) atoms. The van der Waals surface area contributed by atoms with Gasteiger partial charge >= 0.3 is 5.97 Å². The molecule has 0 aliphatic carbocycles. The minimum atomic E-state index is -3.90. The summed E-state index contributed by atoms with van der Waals surface area (Å²) in [7, 11) is -2.38. The van der Waals surface area contributed by atoms with Crippen LogP contribution in [0.4, 0.5) is 0 Å². The van der Waals surface area contributed by atoms with Gasteiger partial charge in [-0.25, -0.2) is 13.2 Å². The Morgan fingerprint density at radius 1 is 1.07 bits per heavy atom. The summed E-state index contributed by atoms with van der Waals surface area (Å²) in [4.78, 5) is 23.9. The van der Waals surface area contributed by atoms with Crippen molar-refractivity contribution in [1.82, 2.24) is 10.0 Å². The summed E-state index contributed by atoms with van der Waals surface area (Å²) in [6.07, 6.45) is 0.0449. The molecule has 0 aliphatic heterocycles. The summed E-state index contributed by atoms with van der Waals surface area (Å²) >= 11 is 0. The minimum absolute atomic E-state index is 0.0164. The van der Waals surface area contributed by atoms with Gasteiger partial charge in [0.15, 0.2) is 0 Å². The Morgan fingerprint density at radius 3 is 2.21 bits per heavy atom. The van der Waals surface area contributed by atoms with E-state index in [9.17, 15) is 23.1 Å². The maximum atomic E-state index is 12.3. The standard InChI is InChI=1S/C19H22N2O6S/c1-13(21-28(25,26)16-6-4-3-5-7-16)18(22)20-17(19(23)24)12-14-8-10-15(27-2)11-9-14/h3-11,13,17,21H,12H2,1-2H3,(H,20,22)(H,23,24)/t13-,17-/m0/s1. The van der Waals surface area contributed by atoms with E-state index in [-0.39, 0.29) is 11.3 Å². The number of nitrogens with one attached hydrogen (secondary N) is 2. The normalized spacial score (nSPS) is 13.4. The van der Waals surface area contributed by atoms with Crippen LogP contribution in [0.3, 0.4) is 0 Å². The van der Waals surface area contributed by atoms with Crippen molar-refractivity contribution in [2.45, 2.75) is 30.3 Å². The molecule has 2 aromatic carbocycles. The van der Waals surface area contributed by atoms with Crippen molar-refractivity contribution in [2.24, 2.45) is 0 Å². The highest BCUT2D eigenvalue weighted by Crippen LogP contribution is 2.13. The Morgan fingerprint density at radius 2 is 1.68 bits per heavy atom. The number of carbonyl (C=O) groups is 2. The first kappa shape index (κ1) is 21.4. The molecule has 0 aromatic heterocycles. The molecule has 8 nitrogen and oxygen atoms in total. The van der Waals surface area contributed by atoms with Gasteiger partial charge in [0.1, 0.15) is 11.8 Å². The molecule has 2 rings (SSSR count). The topological polar surface area (TPSA) is 122 Å². The van der Waals surface area contributed by atoms with Crippen LogP contribution in [0.25, 0.3) is 0 Å². The van der Waals surface area contributed by atoms with Crippen LogP contribution in [0, 0.1) is 0 Å². The van der Waals surface area contributed by atoms with E-state index in [2.05, 4.69) is 10.0 Å². The fourth-order valence-corrected chi connectivity index (χ4v) is 3.67. The average molecular weight is 406 g/mol. The zero-order valence-electron chi connectivity index (χ0n) is 15.5. The van der Waals surface area contributed by atoms with Crippen LogP contribution in [-0.4, -0.2) is 44.6 Å². The molecule has 150 valence electrons. The Bertz CT molecular complexity index is 913. The second-order valence-electron chi connectivity index (χ2n) is 6.11. The van der Waals surface area contributed by atoms with Gasteiger partial charge in [0.2, 0.25) is 15.9 Å². The lowest BCUT2D eigenvalue weighted by Gasteiger charge is -2.19. The van der Waals surface area contributed by atoms with E-state index in [4.69, 9.17) is 4.74 Å². The minimum Gasteiger partial charge on any atom is -0.497 e. The van der Waals surface area contributed by atoms with Crippen molar-refractivity contribution in [3.8, 4) is 5.75 Å². The molecule has 2 aromatic rings. The summed E-state index contributed by atoms with van der Waals surface area (Å²) < 4.78 is 31.9. The lowest BCUT2D eigenvalue weighted by atomic mass is 10.1. The highest BCUT2D eigenvalue weighted by Gasteiger charge is 2.26. The second kappa shape index (κ2) is 9.34.